The molecule has 0 fully saturated rings. The van der Waals surface area contributed by atoms with Crippen LogP contribution in [0.2, 0.25) is 0 Å². The Kier molecular flexibility index (Phi) is 11.4. The van der Waals surface area contributed by atoms with Crippen LogP contribution in [0.4, 0.5) is 0 Å². The van der Waals surface area contributed by atoms with Gasteiger partial charge in [-0.2, -0.15) is 0 Å². The third kappa shape index (κ3) is 8.24. The van der Waals surface area contributed by atoms with Crippen LogP contribution in [0.5, 0.6) is 11.5 Å². The zero-order valence-electron chi connectivity index (χ0n) is 15.0. The number of benzene rings is 1. The quantitative estimate of drug-likeness (QED) is 0.522. The van der Waals surface area contributed by atoms with Crippen LogP contribution in [0.3, 0.4) is 0 Å². The Morgan fingerprint density at radius 1 is 0.957 bits per heavy atom. The maximum Gasteiger partial charge on any atom is 0.165 e. The van der Waals surface area contributed by atoms with Gasteiger partial charge in [-0.25, -0.2) is 0 Å². The van der Waals surface area contributed by atoms with E-state index in [1.165, 1.54) is 38.5 Å². The molecule has 4 heteroatoms. The van der Waals surface area contributed by atoms with Crippen molar-refractivity contribution in [2.75, 3.05) is 34.0 Å². The van der Waals surface area contributed by atoms with Crippen molar-refractivity contribution in [3.05, 3.63) is 23.8 Å². The van der Waals surface area contributed by atoms with Gasteiger partial charge < -0.3 is 19.5 Å². The van der Waals surface area contributed by atoms with Crippen molar-refractivity contribution in [3.63, 3.8) is 0 Å². The summed E-state index contributed by atoms with van der Waals surface area (Å²) in [5, 5.41) is 3.51. The Morgan fingerprint density at radius 3 is 2.48 bits per heavy atom. The summed E-state index contributed by atoms with van der Waals surface area (Å²) in [4.78, 5) is 0. The molecule has 1 aromatic carbocycles. The van der Waals surface area contributed by atoms with Gasteiger partial charge in [-0.1, -0.05) is 51.2 Å². The number of ether oxygens (including phenoxy) is 3. The Hall–Kier alpha value is -1.26. The van der Waals surface area contributed by atoms with Crippen molar-refractivity contribution in [1.82, 2.24) is 5.32 Å². The predicted octanol–water partition coefficient (Wildman–Crippen LogP) is 4.17. The summed E-state index contributed by atoms with van der Waals surface area (Å²) in [7, 11) is 3.35. The summed E-state index contributed by atoms with van der Waals surface area (Å²) in [5.41, 5.74) is 1.13. The van der Waals surface area contributed by atoms with Crippen LogP contribution in [0, 0.1) is 0 Å². The molecule has 0 aliphatic rings. The lowest BCUT2D eigenvalue weighted by atomic mass is 10.1. The largest absolute Gasteiger partial charge is 0.493 e. The molecule has 0 saturated carbocycles. The predicted molar refractivity (Wildman–Crippen MR) is 95.4 cm³/mol. The van der Waals surface area contributed by atoms with Gasteiger partial charge in [-0.15, -0.1) is 0 Å². The van der Waals surface area contributed by atoms with Gasteiger partial charge in [0.2, 0.25) is 0 Å². The lowest BCUT2D eigenvalue weighted by Crippen LogP contribution is -2.16. The molecule has 0 atom stereocenters. The average molecular weight is 323 g/mol. The zero-order valence-corrected chi connectivity index (χ0v) is 15.0. The molecule has 0 aliphatic carbocycles. The van der Waals surface area contributed by atoms with Crippen molar-refractivity contribution in [2.45, 2.75) is 52.0 Å². The first-order chi connectivity index (χ1) is 11.3. The number of hydrogen-bond acceptors (Lipinski definition) is 4. The van der Waals surface area contributed by atoms with E-state index >= 15 is 0 Å². The standard InChI is InChI=1S/C19H33NO3/c1-4-5-6-7-8-9-13-20-16-17-11-10-12-18(22-3)19(17)23-15-14-21-2/h10-12,20H,4-9,13-16H2,1-3H3. The van der Waals surface area contributed by atoms with E-state index in [4.69, 9.17) is 14.2 Å². The smallest absolute Gasteiger partial charge is 0.165 e. The van der Waals surface area contributed by atoms with E-state index in [-0.39, 0.29) is 0 Å². The van der Waals surface area contributed by atoms with E-state index in [1.807, 2.05) is 12.1 Å². The van der Waals surface area contributed by atoms with Crippen molar-refractivity contribution >= 4 is 0 Å². The van der Waals surface area contributed by atoms with E-state index in [1.54, 1.807) is 14.2 Å². The molecular weight excluding hydrogens is 290 g/mol. The average Bonchev–Trinajstić information content (AvgIpc) is 2.58. The summed E-state index contributed by atoms with van der Waals surface area (Å²) in [6.45, 7) is 5.20. The van der Waals surface area contributed by atoms with E-state index in [0.717, 1.165) is 30.2 Å². The summed E-state index contributed by atoms with van der Waals surface area (Å²) < 4.78 is 16.3. The van der Waals surface area contributed by atoms with Gasteiger partial charge in [0, 0.05) is 19.2 Å². The first-order valence-electron chi connectivity index (χ1n) is 8.81. The number of unbranched alkanes of at least 4 members (excludes halogenated alkanes) is 5. The highest BCUT2D eigenvalue weighted by Gasteiger charge is 2.10. The number of rotatable bonds is 14. The molecule has 132 valence electrons. The maximum atomic E-state index is 5.83. The van der Waals surface area contributed by atoms with E-state index in [9.17, 15) is 0 Å². The molecule has 0 unspecified atom stereocenters. The van der Waals surface area contributed by atoms with Gasteiger partial charge >= 0.3 is 0 Å². The number of hydrogen-bond donors (Lipinski definition) is 1. The maximum absolute atomic E-state index is 5.83. The second-order valence-corrected chi connectivity index (χ2v) is 5.73. The van der Waals surface area contributed by atoms with Crippen LogP contribution in [0.15, 0.2) is 18.2 Å². The van der Waals surface area contributed by atoms with Crippen LogP contribution < -0.4 is 14.8 Å². The molecule has 0 aliphatic heterocycles. The Bertz CT molecular complexity index is 410. The molecule has 4 nitrogen and oxygen atoms in total. The molecule has 1 aromatic rings. The normalized spacial score (nSPS) is 10.7. The van der Waals surface area contributed by atoms with E-state index in [0.29, 0.717) is 13.2 Å². The van der Waals surface area contributed by atoms with Crippen molar-refractivity contribution in [2.24, 2.45) is 0 Å². The minimum atomic E-state index is 0.529. The molecule has 23 heavy (non-hydrogen) atoms. The molecule has 0 aromatic heterocycles. The van der Waals surface area contributed by atoms with Gasteiger partial charge in [0.15, 0.2) is 11.5 Å². The van der Waals surface area contributed by atoms with Crippen molar-refractivity contribution in [3.8, 4) is 11.5 Å². The minimum Gasteiger partial charge on any atom is -0.493 e. The molecule has 0 heterocycles. The first kappa shape index (κ1) is 19.8. The molecule has 1 N–H and O–H groups in total. The highest BCUT2D eigenvalue weighted by molar-refractivity contribution is 5.46. The van der Waals surface area contributed by atoms with E-state index in [2.05, 4.69) is 18.3 Å². The molecule has 0 spiro atoms. The number of para-hydroxylation sites is 1. The molecule has 0 radical (unpaired) electrons. The number of methoxy groups -OCH3 is 2. The second kappa shape index (κ2) is 13.2. The lowest BCUT2D eigenvalue weighted by Gasteiger charge is -2.15. The summed E-state index contributed by atoms with van der Waals surface area (Å²) in [6, 6.07) is 6.02. The molecule has 0 saturated heterocycles. The third-order valence-electron chi connectivity index (χ3n) is 3.84. The monoisotopic (exact) mass is 323 g/mol. The molecule has 0 amide bonds. The summed E-state index contributed by atoms with van der Waals surface area (Å²) in [5.74, 6) is 1.60. The zero-order chi connectivity index (χ0) is 16.8. The highest BCUT2D eigenvalue weighted by atomic mass is 16.5. The topological polar surface area (TPSA) is 39.7 Å². The van der Waals surface area contributed by atoms with E-state index < -0.39 is 0 Å². The molecule has 0 bridgehead atoms. The fraction of sp³-hybridized carbons (Fsp3) is 0.684. The van der Waals surface area contributed by atoms with Crippen LogP contribution in [0.1, 0.15) is 51.0 Å². The Balaban J connectivity index is 2.36. The lowest BCUT2D eigenvalue weighted by molar-refractivity contribution is 0.143. The van der Waals surface area contributed by atoms with Crippen LogP contribution >= 0.6 is 0 Å². The second-order valence-electron chi connectivity index (χ2n) is 5.73. The summed E-state index contributed by atoms with van der Waals surface area (Å²) >= 11 is 0. The first-order valence-corrected chi connectivity index (χ1v) is 8.81. The van der Waals surface area contributed by atoms with Gasteiger partial charge in [-0.3, -0.25) is 0 Å². The van der Waals surface area contributed by atoms with Gasteiger partial charge in [-0.05, 0) is 19.0 Å². The van der Waals surface area contributed by atoms with Gasteiger partial charge in [0.1, 0.15) is 6.61 Å². The fourth-order valence-electron chi connectivity index (χ4n) is 2.51. The summed E-state index contributed by atoms with van der Waals surface area (Å²) in [6.07, 6.45) is 7.92. The molecule has 1 rings (SSSR count). The van der Waals surface area contributed by atoms with Gasteiger partial charge in [0.05, 0.1) is 13.7 Å². The van der Waals surface area contributed by atoms with Crippen LogP contribution in [-0.4, -0.2) is 34.0 Å². The Labute approximate surface area is 141 Å². The fourth-order valence-corrected chi connectivity index (χ4v) is 2.51. The third-order valence-corrected chi connectivity index (χ3v) is 3.84. The van der Waals surface area contributed by atoms with Crippen molar-refractivity contribution in [1.29, 1.82) is 0 Å². The van der Waals surface area contributed by atoms with Gasteiger partial charge in [0.25, 0.3) is 0 Å². The minimum absolute atomic E-state index is 0.529. The Morgan fingerprint density at radius 2 is 1.74 bits per heavy atom. The number of nitrogens with one attached hydrogen (secondary N) is 1. The van der Waals surface area contributed by atoms with Crippen LogP contribution in [-0.2, 0) is 11.3 Å². The highest BCUT2D eigenvalue weighted by Crippen LogP contribution is 2.31. The molecular formula is C19H33NO3. The van der Waals surface area contributed by atoms with Crippen molar-refractivity contribution < 1.29 is 14.2 Å². The van der Waals surface area contributed by atoms with Crippen LogP contribution in [0.25, 0.3) is 0 Å². The SMILES string of the molecule is CCCCCCCCNCc1cccc(OC)c1OCCOC.